The van der Waals surface area contributed by atoms with Crippen LogP contribution < -0.4 is 5.32 Å². The van der Waals surface area contributed by atoms with Gasteiger partial charge in [0, 0.05) is 6.20 Å². The van der Waals surface area contributed by atoms with Crippen LogP contribution in [0.25, 0.3) is 0 Å². The number of aromatic nitrogens is 1. The van der Waals surface area contributed by atoms with E-state index in [1.807, 2.05) is 0 Å². The Labute approximate surface area is 87.1 Å². The third-order valence-electron chi connectivity index (χ3n) is 1.86. The van der Waals surface area contributed by atoms with Crippen molar-refractivity contribution in [2.45, 2.75) is 19.4 Å². The van der Waals surface area contributed by atoms with Gasteiger partial charge < -0.3 is 10.4 Å². The smallest absolute Gasteiger partial charge is 0.254 e. The van der Waals surface area contributed by atoms with E-state index in [2.05, 4.69) is 10.3 Å². The maximum absolute atomic E-state index is 13.1. The number of nitrogens with zero attached hydrogens (tertiary/aromatic N) is 1. The van der Waals surface area contributed by atoms with Crippen molar-refractivity contribution in [3.63, 3.8) is 0 Å². The normalized spacial score (nSPS) is 11.2. The highest BCUT2D eigenvalue weighted by Gasteiger charge is 2.21. The molecule has 1 amide bonds. The van der Waals surface area contributed by atoms with Gasteiger partial charge in [-0.3, -0.25) is 9.78 Å². The first-order chi connectivity index (χ1) is 6.96. The van der Waals surface area contributed by atoms with Crippen LogP contribution >= 0.6 is 0 Å². The minimum Gasteiger partial charge on any atom is -0.394 e. The SMILES string of the molecule is CC(C)(CO)NC(=O)c1ccncc1F. The molecule has 0 aliphatic carbocycles. The largest absolute Gasteiger partial charge is 0.394 e. The van der Waals surface area contributed by atoms with Crippen molar-refractivity contribution >= 4 is 5.91 Å². The predicted molar refractivity (Wildman–Crippen MR) is 52.8 cm³/mol. The minimum atomic E-state index is -0.771. The molecule has 1 heterocycles. The van der Waals surface area contributed by atoms with E-state index in [0.717, 1.165) is 6.20 Å². The summed E-state index contributed by atoms with van der Waals surface area (Å²) in [5.41, 5.74) is -0.848. The molecular weight excluding hydrogens is 199 g/mol. The summed E-state index contributed by atoms with van der Waals surface area (Å²) in [5, 5.41) is 11.4. The number of aliphatic hydroxyl groups is 1. The molecule has 0 fully saturated rings. The van der Waals surface area contributed by atoms with Crippen LogP contribution in [0, 0.1) is 5.82 Å². The molecule has 0 bridgehead atoms. The summed E-state index contributed by atoms with van der Waals surface area (Å²) in [4.78, 5) is 15.1. The molecule has 1 aromatic heterocycles. The molecule has 1 rings (SSSR count). The summed E-state index contributed by atoms with van der Waals surface area (Å²) in [7, 11) is 0. The van der Waals surface area contributed by atoms with Crippen molar-refractivity contribution in [3.05, 3.63) is 29.8 Å². The summed E-state index contributed by atoms with van der Waals surface area (Å²) >= 11 is 0. The van der Waals surface area contributed by atoms with Crippen LogP contribution in [0.4, 0.5) is 4.39 Å². The lowest BCUT2D eigenvalue weighted by atomic mass is 10.1. The van der Waals surface area contributed by atoms with Gasteiger partial charge in [-0.2, -0.15) is 0 Å². The van der Waals surface area contributed by atoms with Crippen LogP contribution in [0.15, 0.2) is 18.5 Å². The fourth-order valence-electron chi connectivity index (χ4n) is 0.974. The number of halogens is 1. The van der Waals surface area contributed by atoms with Crippen LogP contribution in [-0.4, -0.2) is 28.1 Å². The number of nitrogens with one attached hydrogen (secondary N) is 1. The zero-order chi connectivity index (χ0) is 11.5. The quantitative estimate of drug-likeness (QED) is 0.776. The number of hydrogen-bond donors (Lipinski definition) is 2. The number of hydrogen-bond acceptors (Lipinski definition) is 3. The molecule has 0 aliphatic rings. The fraction of sp³-hybridized carbons (Fsp3) is 0.400. The molecule has 0 spiro atoms. The Balaban J connectivity index is 2.83. The molecule has 0 aromatic carbocycles. The van der Waals surface area contributed by atoms with E-state index < -0.39 is 17.3 Å². The lowest BCUT2D eigenvalue weighted by Crippen LogP contribution is -2.46. The number of carbonyl (C=O) groups excluding carboxylic acids is 1. The third-order valence-corrected chi connectivity index (χ3v) is 1.86. The number of carbonyl (C=O) groups is 1. The predicted octanol–water partition coefficient (Wildman–Crippen LogP) is 0.721. The number of amides is 1. The van der Waals surface area contributed by atoms with Crippen molar-refractivity contribution in [1.29, 1.82) is 0 Å². The van der Waals surface area contributed by atoms with Gasteiger partial charge in [0.15, 0.2) is 5.82 Å². The molecule has 2 N–H and O–H groups in total. The zero-order valence-corrected chi connectivity index (χ0v) is 8.62. The Hall–Kier alpha value is -1.49. The minimum absolute atomic E-state index is 0.0773. The maximum atomic E-state index is 13.1. The average molecular weight is 212 g/mol. The summed E-state index contributed by atoms with van der Waals surface area (Å²) in [6, 6.07) is 1.29. The summed E-state index contributed by atoms with van der Waals surface area (Å²) in [6.45, 7) is 3.07. The standard InChI is InChI=1S/C10H13FN2O2/c1-10(2,6-14)13-9(15)7-3-4-12-5-8(7)11/h3-5,14H,6H2,1-2H3,(H,13,15). The Morgan fingerprint density at radius 2 is 2.33 bits per heavy atom. The number of aliphatic hydroxyl groups excluding tert-OH is 1. The van der Waals surface area contributed by atoms with Gasteiger partial charge in [-0.1, -0.05) is 0 Å². The first-order valence-corrected chi connectivity index (χ1v) is 4.49. The summed E-state index contributed by atoms with van der Waals surface area (Å²) in [5.74, 6) is -1.24. The van der Waals surface area contributed by atoms with E-state index in [1.54, 1.807) is 13.8 Å². The van der Waals surface area contributed by atoms with Crippen LogP contribution in [-0.2, 0) is 0 Å². The second-order valence-corrected chi connectivity index (χ2v) is 3.85. The molecule has 0 saturated heterocycles. The number of pyridine rings is 1. The molecule has 4 nitrogen and oxygen atoms in total. The Bertz CT molecular complexity index is 366. The van der Waals surface area contributed by atoms with Gasteiger partial charge in [-0.05, 0) is 19.9 Å². The van der Waals surface area contributed by atoms with Gasteiger partial charge in [0.05, 0.1) is 23.9 Å². The van der Waals surface area contributed by atoms with Gasteiger partial charge in [-0.15, -0.1) is 0 Å². The van der Waals surface area contributed by atoms with Gasteiger partial charge in [0.2, 0.25) is 0 Å². The fourth-order valence-corrected chi connectivity index (χ4v) is 0.974. The van der Waals surface area contributed by atoms with Crippen LogP contribution in [0.3, 0.4) is 0 Å². The molecule has 82 valence electrons. The molecule has 1 aromatic rings. The maximum Gasteiger partial charge on any atom is 0.254 e. The molecular formula is C10H13FN2O2. The lowest BCUT2D eigenvalue weighted by molar-refractivity contribution is 0.0865. The third kappa shape index (κ3) is 2.99. The highest BCUT2D eigenvalue weighted by Crippen LogP contribution is 2.07. The highest BCUT2D eigenvalue weighted by molar-refractivity contribution is 5.94. The first-order valence-electron chi connectivity index (χ1n) is 4.49. The van der Waals surface area contributed by atoms with Crippen molar-refractivity contribution in [2.75, 3.05) is 6.61 Å². The van der Waals surface area contributed by atoms with Gasteiger partial charge in [-0.25, -0.2) is 4.39 Å². The van der Waals surface area contributed by atoms with E-state index in [-0.39, 0.29) is 12.2 Å². The Morgan fingerprint density at radius 1 is 1.67 bits per heavy atom. The molecule has 0 atom stereocenters. The van der Waals surface area contributed by atoms with E-state index in [9.17, 15) is 9.18 Å². The zero-order valence-electron chi connectivity index (χ0n) is 8.62. The van der Waals surface area contributed by atoms with Crippen LogP contribution in [0.2, 0.25) is 0 Å². The number of rotatable bonds is 3. The molecule has 0 aliphatic heterocycles. The van der Waals surface area contributed by atoms with Crippen molar-refractivity contribution in [1.82, 2.24) is 10.3 Å². The Morgan fingerprint density at radius 3 is 2.87 bits per heavy atom. The molecule has 0 saturated carbocycles. The van der Waals surface area contributed by atoms with E-state index in [0.29, 0.717) is 0 Å². The van der Waals surface area contributed by atoms with Crippen molar-refractivity contribution < 1.29 is 14.3 Å². The Kier molecular flexibility index (Phi) is 3.36. The monoisotopic (exact) mass is 212 g/mol. The van der Waals surface area contributed by atoms with Gasteiger partial charge >= 0.3 is 0 Å². The van der Waals surface area contributed by atoms with Crippen LogP contribution in [0.5, 0.6) is 0 Å². The van der Waals surface area contributed by atoms with Crippen LogP contribution in [0.1, 0.15) is 24.2 Å². The molecule has 5 heteroatoms. The second-order valence-electron chi connectivity index (χ2n) is 3.85. The molecule has 15 heavy (non-hydrogen) atoms. The highest BCUT2D eigenvalue weighted by atomic mass is 19.1. The van der Waals surface area contributed by atoms with E-state index in [1.165, 1.54) is 12.3 Å². The van der Waals surface area contributed by atoms with E-state index in [4.69, 9.17) is 5.11 Å². The van der Waals surface area contributed by atoms with Gasteiger partial charge in [0.1, 0.15) is 0 Å². The molecule has 0 radical (unpaired) electrons. The first kappa shape index (κ1) is 11.6. The van der Waals surface area contributed by atoms with Gasteiger partial charge in [0.25, 0.3) is 5.91 Å². The molecule has 0 unspecified atom stereocenters. The van der Waals surface area contributed by atoms with Crippen molar-refractivity contribution in [2.24, 2.45) is 0 Å². The van der Waals surface area contributed by atoms with E-state index >= 15 is 0 Å². The average Bonchev–Trinajstić information content (AvgIpc) is 2.17. The summed E-state index contributed by atoms with van der Waals surface area (Å²) in [6.07, 6.45) is 2.31. The lowest BCUT2D eigenvalue weighted by Gasteiger charge is -2.23. The second kappa shape index (κ2) is 4.35. The summed E-state index contributed by atoms with van der Waals surface area (Å²) < 4.78 is 13.1. The topological polar surface area (TPSA) is 62.2 Å². The van der Waals surface area contributed by atoms with Crippen molar-refractivity contribution in [3.8, 4) is 0 Å².